The molecule has 0 spiro atoms. The average Bonchev–Trinajstić information content (AvgIpc) is 2.36. The summed E-state index contributed by atoms with van der Waals surface area (Å²) in [4.78, 5) is 0. The van der Waals surface area contributed by atoms with E-state index in [9.17, 15) is 0 Å². The van der Waals surface area contributed by atoms with Gasteiger partial charge in [-0.2, -0.15) is 0 Å². The lowest BCUT2D eigenvalue weighted by Gasteiger charge is -1.90. The summed E-state index contributed by atoms with van der Waals surface area (Å²) in [5, 5.41) is 1.76. The van der Waals surface area contributed by atoms with Gasteiger partial charge in [0.1, 0.15) is 25.3 Å². The second kappa shape index (κ2) is 2.36. The first kappa shape index (κ1) is 6.37. The Balaban J connectivity index is 2.59. The highest BCUT2D eigenvalue weighted by molar-refractivity contribution is 7.47. The van der Waals surface area contributed by atoms with E-state index in [1.165, 1.54) is 19.3 Å². The van der Waals surface area contributed by atoms with Gasteiger partial charge >= 0.3 is 0 Å². The Morgan fingerprint density at radius 3 is 3.10 bits per heavy atom. The Morgan fingerprint density at radius 2 is 2.30 bits per heavy atom. The van der Waals surface area contributed by atoms with E-state index >= 15 is 0 Å². The van der Waals surface area contributed by atoms with Crippen LogP contribution < -0.4 is 0 Å². The molecule has 1 aromatic rings. The first-order valence-electron chi connectivity index (χ1n) is 3.84. The second-order valence-electron chi connectivity index (χ2n) is 2.94. The minimum Gasteiger partial charge on any atom is -0.0512 e. The van der Waals surface area contributed by atoms with Gasteiger partial charge in [0.25, 0.3) is 0 Å². The summed E-state index contributed by atoms with van der Waals surface area (Å²) in [6.45, 7) is 2.36. The van der Waals surface area contributed by atoms with Crippen molar-refractivity contribution in [3.8, 4) is 0 Å². The third kappa shape index (κ3) is 0.876. The lowest BCUT2D eigenvalue weighted by atomic mass is 10.3. The highest BCUT2D eigenvalue weighted by Crippen LogP contribution is 2.36. The van der Waals surface area contributed by atoms with Gasteiger partial charge in [0, 0.05) is 6.42 Å². The van der Waals surface area contributed by atoms with Crippen molar-refractivity contribution in [2.75, 3.05) is 0 Å². The molecule has 2 rings (SSSR count). The Labute approximate surface area is 63.0 Å². The molecule has 1 heterocycles. The molecule has 1 aliphatic rings. The molecule has 0 amide bonds. The van der Waals surface area contributed by atoms with Crippen LogP contribution in [0.2, 0.25) is 0 Å². The molecule has 0 aromatic carbocycles. The molecule has 0 bridgehead atoms. The first-order valence-corrected chi connectivity index (χ1v) is 5.70. The van der Waals surface area contributed by atoms with Crippen LogP contribution in [0.25, 0.3) is 0 Å². The fourth-order valence-corrected chi connectivity index (χ4v) is 3.39. The normalized spacial score (nSPS) is 17.1. The molecule has 1 aromatic heterocycles. The van der Waals surface area contributed by atoms with Crippen LogP contribution in [0.1, 0.15) is 17.3 Å². The number of hydrogen-bond acceptors (Lipinski definition) is 0. The van der Waals surface area contributed by atoms with E-state index in [0.717, 1.165) is 0 Å². The van der Waals surface area contributed by atoms with E-state index in [2.05, 4.69) is 24.6 Å². The zero-order valence-electron chi connectivity index (χ0n) is 6.30. The highest BCUT2D eigenvalue weighted by Gasteiger charge is 2.18. The van der Waals surface area contributed by atoms with E-state index in [0.29, 0.717) is 0 Å². The predicted molar refractivity (Wildman–Crippen MR) is 46.6 cm³/mol. The molecular weight excluding hydrogens is 139 g/mol. The van der Waals surface area contributed by atoms with Crippen LogP contribution in [0.3, 0.4) is 0 Å². The Bertz CT molecular complexity index is 253. The van der Waals surface area contributed by atoms with E-state index < -0.39 is 0 Å². The van der Waals surface area contributed by atoms with Crippen molar-refractivity contribution in [1.29, 1.82) is 0 Å². The number of fused-ring (bicyclic) bond motifs is 1. The fraction of sp³-hybridized carbons (Fsp3) is 0.444. The van der Waals surface area contributed by atoms with Crippen molar-refractivity contribution in [3.63, 3.8) is 0 Å². The van der Waals surface area contributed by atoms with Crippen LogP contribution in [-0.4, -0.2) is 0 Å². The third-order valence-electron chi connectivity index (χ3n) is 2.26. The van der Waals surface area contributed by atoms with Crippen LogP contribution >= 0.6 is 7.53 Å². The number of hydrogen-bond donors (Lipinski definition) is 0. The quantitative estimate of drug-likeness (QED) is 0.534. The minimum atomic E-state index is 0.136. The summed E-state index contributed by atoms with van der Waals surface area (Å²) in [5.41, 5.74) is 1.65. The maximum absolute atomic E-state index is 2.36. The lowest BCUT2D eigenvalue weighted by Crippen LogP contribution is -1.76. The molecular formula is C9H12P+. The van der Waals surface area contributed by atoms with E-state index in [1.807, 2.05) is 0 Å². The summed E-state index contributed by atoms with van der Waals surface area (Å²) < 4.78 is 0. The van der Waals surface area contributed by atoms with Crippen molar-refractivity contribution in [3.05, 3.63) is 28.8 Å². The third-order valence-corrected chi connectivity index (χ3v) is 4.24. The van der Waals surface area contributed by atoms with Gasteiger partial charge in [-0.3, -0.25) is 0 Å². The van der Waals surface area contributed by atoms with Gasteiger partial charge in [-0.1, -0.05) is 6.07 Å². The molecule has 10 heavy (non-hydrogen) atoms. The first-order chi connectivity index (χ1) is 4.88. The number of rotatable bonds is 0. The second-order valence-corrected chi connectivity index (χ2v) is 5.00. The average molecular weight is 151 g/mol. The Kier molecular flexibility index (Phi) is 1.50. The summed E-state index contributed by atoms with van der Waals surface area (Å²) in [5.74, 6) is 2.36. The van der Waals surface area contributed by atoms with Crippen molar-refractivity contribution in [1.82, 2.24) is 0 Å². The maximum Gasteiger partial charge on any atom is 0.128 e. The van der Waals surface area contributed by atoms with Crippen molar-refractivity contribution >= 4 is 7.53 Å². The number of aryl methyl sites for hydroxylation is 2. The maximum atomic E-state index is 2.36. The van der Waals surface area contributed by atoms with Gasteiger partial charge in [-0.15, -0.1) is 0 Å². The zero-order valence-corrected chi connectivity index (χ0v) is 7.20. The van der Waals surface area contributed by atoms with Crippen LogP contribution in [0, 0.1) is 0 Å². The van der Waals surface area contributed by atoms with Gasteiger partial charge in [0.05, 0.1) is 0 Å². The van der Waals surface area contributed by atoms with Crippen molar-refractivity contribution in [2.45, 2.75) is 19.3 Å². The van der Waals surface area contributed by atoms with E-state index in [-0.39, 0.29) is 7.53 Å². The van der Waals surface area contributed by atoms with Crippen LogP contribution in [0.5, 0.6) is 0 Å². The SMILES string of the molecule is C[p+]1cccc2c1CCC2. The van der Waals surface area contributed by atoms with E-state index in [4.69, 9.17) is 0 Å². The van der Waals surface area contributed by atoms with E-state index in [1.54, 1.807) is 10.9 Å². The molecule has 1 heteroatoms. The molecule has 0 aliphatic heterocycles. The van der Waals surface area contributed by atoms with Crippen molar-refractivity contribution < 1.29 is 0 Å². The molecule has 0 N–H and O–H groups in total. The van der Waals surface area contributed by atoms with Crippen LogP contribution in [0.15, 0.2) is 17.9 Å². The summed E-state index contributed by atoms with van der Waals surface area (Å²) in [7, 11) is 0.136. The molecule has 1 atom stereocenters. The van der Waals surface area contributed by atoms with Gasteiger partial charge in [-0.05, 0) is 24.5 Å². The molecule has 0 nitrogen and oxygen atoms in total. The van der Waals surface area contributed by atoms with Crippen LogP contribution in [0.4, 0.5) is 0 Å². The van der Waals surface area contributed by atoms with Gasteiger partial charge in [0.15, 0.2) is 0 Å². The fourth-order valence-electron chi connectivity index (χ4n) is 1.71. The smallest absolute Gasteiger partial charge is 0.0512 e. The molecule has 0 fully saturated rings. The molecule has 1 unspecified atom stereocenters. The van der Waals surface area contributed by atoms with Gasteiger partial charge < -0.3 is 0 Å². The summed E-state index contributed by atoms with van der Waals surface area (Å²) >= 11 is 0. The standard InChI is InChI=1S/C9H12P/c1-10-7-3-5-8-4-2-6-9(8)10/h3,5,7H,2,4,6H2,1H3/q+1. The summed E-state index contributed by atoms with van der Waals surface area (Å²) in [6, 6.07) is 4.53. The predicted octanol–water partition coefficient (Wildman–Crippen LogP) is 2.98. The minimum absolute atomic E-state index is 0.136. The summed E-state index contributed by atoms with van der Waals surface area (Å²) in [6.07, 6.45) is 4.11. The van der Waals surface area contributed by atoms with Gasteiger partial charge in [-0.25, -0.2) is 0 Å². The van der Waals surface area contributed by atoms with Crippen molar-refractivity contribution in [2.24, 2.45) is 6.66 Å². The Hall–Kier alpha value is -0.350. The molecule has 0 saturated heterocycles. The zero-order chi connectivity index (χ0) is 6.97. The molecule has 1 aliphatic carbocycles. The lowest BCUT2D eigenvalue weighted by molar-refractivity contribution is 0.915. The Morgan fingerprint density at radius 1 is 1.40 bits per heavy atom. The van der Waals surface area contributed by atoms with Crippen LogP contribution in [-0.2, 0) is 19.5 Å². The topological polar surface area (TPSA) is 0 Å². The molecule has 0 radical (unpaired) electrons. The van der Waals surface area contributed by atoms with Gasteiger partial charge in [0.2, 0.25) is 0 Å². The monoisotopic (exact) mass is 151 g/mol. The molecule has 0 saturated carbocycles. The molecule has 52 valence electrons. The largest absolute Gasteiger partial charge is 0.128 e. The highest BCUT2D eigenvalue weighted by atomic mass is 31.1.